The van der Waals surface area contributed by atoms with Crippen molar-refractivity contribution in [2.45, 2.75) is 25.7 Å². The number of carbonyl (C=O) groups is 1. The van der Waals surface area contributed by atoms with Crippen molar-refractivity contribution in [3.8, 4) is 11.1 Å². The van der Waals surface area contributed by atoms with Gasteiger partial charge in [0, 0.05) is 30.1 Å². The summed E-state index contributed by atoms with van der Waals surface area (Å²) in [6.07, 6.45) is 1.58. The van der Waals surface area contributed by atoms with Crippen LogP contribution in [0, 0.1) is 12.7 Å². The van der Waals surface area contributed by atoms with Crippen LogP contribution in [0.25, 0.3) is 21.9 Å². The van der Waals surface area contributed by atoms with Crippen molar-refractivity contribution >= 4 is 16.7 Å². The van der Waals surface area contributed by atoms with Gasteiger partial charge in [0.15, 0.2) is 5.69 Å². The molecule has 0 bridgehead atoms. The average molecular weight is 365 g/mol. The number of carboxylic acids is 1. The molecule has 1 saturated heterocycles. The predicted molar refractivity (Wildman–Crippen MR) is 102 cm³/mol. The van der Waals surface area contributed by atoms with E-state index in [-0.39, 0.29) is 17.4 Å². The third kappa shape index (κ3) is 3.30. The van der Waals surface area contributed by atoms with Crippen molar-refractivity contribution in [3.63, 3.8) is 0 Å². The first-order valence-corrected chi connectivity index (χ1v) is 9.06. The van der Waals surface area contributed by atoms with E-state index in [0.717, 1.165) is 40.6 Å². The average Bonchev–Trinajstić information content (AvgIpc) is 2.68. The highest BCUT2D eigenvalue weighted by molar-refractivity contribution is 6.08. The number of aryl methyl sites for hydroxylation is 1. The molecule has 0 amide bonds. The van der Waals surface area contributed by atoms with E-state index in [0.29, 0.717) is 18.6 Å². The summed E-state index contributed by atoms with van der Waals surface area (Å²) < 4.78 is 19.0. The van der Waals surface area contributed by atoms with E-state index >= 15 is 0 Å². The van der Waals surface area contributed by atoms with E-state index in [2.05, 4.69) is 4.98 Å². The Morgan fingerprint density at radius 3 is 2.48 bits per heavy atom. The van der Waals surface area contributed by atoms with Gasteiger partial charge < -0.3 is 9.84 Å². The van der Waals surface area contributed by atoms with Crippen LogP contribution in [-0.2, 0) is 4.74 Å². The number of benzene rings is 2. The first-order chi connectivity index (χ1) is 13.0. The maximum absolute atomic E-state index is 13.5. The van der Waals surface area contributed by atoms with E-state index in [9.17, 15) is 14.3 Å². The van der Waals surface area contributed by atoms with Crippen molar-refractivity contribution in [1.82, 2.24) is 4.98 Å². The lowest BCUT2D eigenvalue weighted by atomic mass is 9.86. The molecular weight excluding hydrogens is 345 g/mol. The SMILES string of the molecule is Cc1ccc2c(-c3ccc(F)cc3)c(C3CCOCC3)nc(C(=O)O)c2c1. The summed E-state index contributed by atoms with van der Waals surface area (Å²) in [4.78, 5) is 16.5. The smallest absolute Gasteiger partial charge is 0.355 e. The van der Waals surface area contributed by atoms with Crippen molar-refractivity contribution < 1.29 is 19.0 Å². The Bertz CT molecular complexity index is 1010. The first-order valence-electron chi connectivity index (χ1n) is 9.06. The molecule has 27 heavy (non-hydrogen) atoms. The number of rotatable bonds is 3. The molecule has 0 saturated carbocycles. The summed E-state index contributed by atoms with van der Waals surface area (Å²) in [5.41, 5.74) is 3.54. The van der Waals surface area contributed by atoms with Gasteiger partial charge in [-0.25, -0.2) is 14.2 Å². The molecule has 2 heterocycles. The number of ether oxygens (including phenoxy) is 1. The second kappa shape index (κ2) is 7.08. The van der Waals surface area contributed by atoms with Crippen LogP contribution in [0.1, 0.15) is 40.5 Å². The van der Waals surface area contributed by atoms with Crippen molar-refractivity contribution in [2.24, 2.45) is 0 Å². The maximum atomic E-state index is 13.5. The zero-order valence-corrected chi connectivity index (χ0v) is 15.0. The van der Waals surface area contributed by atoms with E-state index < -0.39 is 5.97 Å². The largest absolute Gasteiger partial charge is 0.476 e. The molecule has 5 heteroatoms. The van der Waals surface area contributed by atoms with E-state index in [1.54, 1.807) is 12.1 Å². The molecule has 1 N–H and O–H groups in total. The summed E-state index contributed by atoms with van der Waals surface area (Å²) in [5.74, 6) is -1.23. The van der Waals surface area contributed by atoms with Gasteiger partial charge in [-0.1, -0.05) is 29.8 Å². The molecule has 138 valence electrons. The third-order valence-electron chi connectivity index (χ3n) is 5.13. The minimum absolute atomic E-state index is 0.0704. The van der Waals surface area contributed by atoms with E-state index in [1.165, 1.54) is 12.1 Å². The molecule has 1 aromatic heterocycles. The summed E-state index contributed by atoms with van der Waals surface area (Å²) >= 11 is 0. The van der Waals surface area contributed by atoms with E-state index in [1.807, 2.05) is 25.1 Å². The van der Waals surface area contributed by atoms with Gasteiger partial charge >= 0.3 is 5.97 Å². The standard InChI is InChI=1S/C22H20FNO3/c1-13-2-7-17-18(12-13)21(22(25)26)24-20(15-8-10-27-11-9-15)19(17)14-3-5-16(23)6-4-14/h2-7,12,15H,8-11H2,1H3,(H,25,26). The van der Waals surface area contributed by atoms with Gasteiger partial charge in [0.2, 0.25) is 0 Å². The fourth-order valence-corrected chi connectivity index (χ4v) is 3.80. The molecule has 0 spiro atoms. The molecule has 0 aliphatic carbocycles. The molecule has 0 atom stereocenters. The zero-order valence-electron chi connectivity index (χ0n) is 15.0. The Morgan fingerprint density at radius 1 is 1.11 bits per heavy atom. The highest BCUT2D eigenvalue weighted by Gasteiger charge is 2.26. The Balaban J connectivity index is 2.06. The van der Waals surface area contributed by atoms with Gasteiger partial charge in [0.05, 0.1) is 5.69 Å². The highest BCUT2D eigenvalue weighted by Crippen LogP contribution is 2.39. The van der Waals surface area contributed by atoms with E-state index in [4.69, 9.17) is 4.74 Å². The Hall–Kier alpha value is -2.79. The molecule has 2 aromatic carbocycles. The quantitative estimate of drug-likeness (QED) is 0.714. The lowest BCUT2D eigenvalue weighted by Gasteiger charge is -2.25. The van der Waals surface area contributed by atoms with Crippen molar-refractivity contribution in [1.29, 1.82) is 0 Å². The third-order valence-corrected chi connectivity index (χ3v) is 5.13. The molecule has 0 radical (unpaired) electrons. The Morgan fingerprint density at radius 2 is 1.81 bits per heavy atom. The molecular formula is C22H20FNO3. The van der Waals surface area contributed by atoms with Crippen LogP contribution in [0.2, 0.25) is 0 Å². The van der Waals surface area contributed by atoms with Gasteiger partial charge in [-0.15, -0.1) is 0 Å². The molecule has 0 unspecified atom stereocenters. The van der Waals surface area contributed by atoms with Gasteiger partial charge in [-0.05, 0) is 48.9 Å². The topological polar surface area (TPSA) is 59.4 Å². The van der Waals surface area contributed by atoms with Crippen LogP contribution in [0.5, 0.6) is 0 Å². The monoisotopic (exact) mass is 365 g/mol. The number of halogens is 1. The molecule has 1 fully saturated rings. The second-order valence-electron chi connectivity index (χ2n) is 6.97. The molecule has 4 nitrogen and oxygen atoms in total. The van der Waals surface area contributed by atoms with Crippen LogP contribution >= 0.6 is 0 Å². The summed E-state index contributed by atoms with van der Waals surface area (Å²) in [6.45, 7) is 3.18. The van der Waals surface area contributed by atoms with Crippen molar-refractivity contribution in [3.05, 3.63) is 65.2 Å². The number of nitrogens with zero attached hydrogens (tertiary/aromatic N) is 1. The molecule has 1 aliphatic heterocycles. The minimum atomic E-state index is -1.04. The number of aromatic nitrogens is 1. The second-order valence-corrected chi connectivity index (χ2v) is 6.97. The Labute approximate surface area is 156 Å². The van der Waals surface area contributed by atoms with Gasteiger partial charge in [0.1, 0.15) is 5.82 Å². The predicted octanol–water partition coefficient (Wildman–Crippen LogP) is 4.94. The number of aromatic carboxylic acids is 1. The number of hydrogen-bond donors (Lipinski definition) is 1. The lowest BCUT2D eigenvalue weighted by molar-refractivity contribution is 0.0691. The Kier molecular flexibility index (Phi) is 4.62. The number of pyridine rings is 1. The number of hydrogen-bond acceptors (Lipinski definition) is 3. The maximum Gasteiger partial charge on any atom is 0.355 e. The molecule has 3 aromatic rings. The van der Waals surface area contributed by atoms with Crippen LogP contribution in [0.15, 0.2) is 42.5 Å². The molecule has 1 aliphatic rings. The fraction of sp³-hybridized carbons (Fsp3) is 0.273. The summed E-state index contributed by atoms with van der Waals surface area (Å²) in [5, 5.41) is 11.2. The number of carboxylic acid groups (broad SMARTS) is 1. The summed E-state index contributed by atoms with van der Waals surface area (Å²) in [7, 11) is 0. The van der Waals surface area contributed by atoms with Crippen LogP contribution in [0.3, 0.4) is 0 Å². The molecule has 4 rings (SSSR count). The summed E-state index contributed by atoms with van der Waals surface area (Å²) in [6, 6.07) is 12.1. The fourth-order valence-electron chi connectivity index (χ4n) is 3.80. The van der Waals surface area contributed by atoms with Crippen LogP contribution in [-0.4, -0.2) is 29.3 Å². The zero-order chi connectivity index (χ0) is 19.0. The highest BCUT2D eigenvalue weighted by atomic mass is 19.1. The van der Waals surface area contributed by atoms with Gasteiger partial charge in [-0.3, -0.25) is 0 Å². The first kappa shape index (κ1) is 17.6. The van der Waals surface area contributed by atoms with Gasteiger partial charge in [0.25, 0.3) is 0 Å². The normalized spacial score (nSPS) is 15.2. The van der Waals surface area contributed by atoms with Crippen LogP contribution in [0.4, 0.5) is 4.39 Å². The lowest BCUT2D eigenvalue weighted by Crippen LogP contribution is -2.18. The number of fused-ring (bicyclic) bond motifs is 1. The van der Waals surface area contributed by atoms with Crippen molar-refractivity contribution in [2.75, 3.05) is 13.2 Å². The van der Waals surface area contributed by atoms with Gasteiger partial charge in [-0.2, -0.15) is 0 Å². The minimum Gasteiger partial charge on any atom is -0.476 e. The van der Waals surface area contributed by atoms with Crippen LogP contribution < -0.4 is 0 Å².